The van der Waals surface area contributed by atoms with Crippen LogP contribution in [0.1, 0.15) is 28.2 Å². The van der Waals surface area contributed by atoms with E-state index in [-0.39, 0.29) is 30.1 Å². The van der Waals surface area contributed by atoms with E-state index in [2.05, 4.69) is 15.2 Å². The number of nitrogens with zero attached hydrogens (tertiary/aromatic N) is 4. The Kier molecular flexibility index (Phi) is 4.19. The van der Waals surface area contributed by atoms with Crippen molar-refractivity contribution in [2.75, 3.05) is 6.54 Å². The van der Waals surface area contributed by atoms with Crippen LogP contribution in [0.25, 0.3) is 10.9 Å². The minimum atomic E-state index is -1.07. The molecule has 0 saturated carbocycles. The van der Waals surface area contributed by atoms with Crippen molar-refractivity contribution in [3.05, 3.63) is 57.9 Å². The fourth-order valence-electron chi connectivity index (χ4n) is 3.35. The summed E-state index contributed by atoms with van der Waals surface area (Å²) in [6.45, 7) is 0.956. The first-order valence-corrected chi connectivity index (χ1v) is 8.56. The summed E-state index contributed by atoms with van der Waals surface area (Å²) >= 11 is 0. The fourth-order valence-corrected chi connectivity index (χ4v) is 3.35. The zero-order chi connectivity index (χ0) is 19.0. The van der Waals surface area contributed by atoms with Gasteiger partial charge in [-0.1, -0.05) is 12.1 Å². The number of H-pyrrole nitrogens is 1. The summed E-state index contributed by atoms with van der Waals surface area (Å²) in [6, 6.07) is 7.08. The van der Waals surface area contributed by atoms with Crippen molar-refractivity contribution < 1.29 is 14.7 Å². The van der Waals surface area contributed by atoms with Gasteiger partial charge in [-0.25, -0.2) is 9.78 Å². The molecular formula is C18H17N5O4. The molecule has 0 saturated heterocycles. The Hall–Kier alpha value is -3.49. The Morgan fingerprint density at radius 2 is 2.07 bits per heavy atom. The highest BCUT2D eigenvalue weighted by Gasteiger charge is 2.27. The van der Waals surface area contributed by atoms with Crippen molar-refractivity contribution in [3.8, 4) is 0 Å². The van der Waals surface area contributed by atoms with E-state index in [1.54, 1.807) is 23.1 Å². The quantitative estimate of drug-likeness (QED) is 0.703. The molecule has 3 heterocycles. The van der Waals surface area contributed by atoms with Crippen LogP contribution in [-0.2, 0) is 24.3 Å². The first kappa shape index (κ1) is 17.0. The van der Waals surface area contributed by atoms with E-state index in [1.807, 2.05) is 6.07 Å². The molecule has 0 unspecified atom stereocenters. The van der Waals surface area contributed by atoms with E-state index < -0.39 is 5.97 Å². The number of carbonyl (C=O) groups excluding carboxylic acids is 1. The second kappa shape index (κ2) is 6.67. The number of fused-ring (bicyclic) bond motifs is 2. The van der Waals surface area contributed by atoms with Crippen molar-refractivity contribution >= 4 is 22.8 Å². The van der Waals surface area contributed by atoms with Gasteiger partial charge in [0.2, 0.25) is 5.91 Å². The highest BCUT2D eigenvalue weighted by atomic mass is 16.4. The predicted octanol–water partition coefficient (Wildman–Crippen LogP) is 0.793. The monoisotopic (exact) mass is 367 g/mol. The van der Waals surface area contributed by atoms with E-state index in [4.69, 9.17) is 5.11 Å². The van der Waals surface area contributed by atoms with Gasteiger partial charge in [0, 0.05) is 25.1 Å². The van der Waals surface area contributed by atoms with Gasteiger partial charge in [0.25, 0.3) is 5.56 Å². The number of hydrogen-bond donors (Lipinski definition) is 2. The van der Waals surface area contributed by atoms with Gasteiger partial charge in [-0.05, 0) is 18.6 Å². The zero-order valence-electron chi connectivity index (χ0n) is 14.4. The van der Waals surface area contributed by atoms with Crippen LogP contribution in [0, 0.1) is 0 Å². The van der Waals surface area contributed by atoms with E-state index in [0.717, 1.165) is 0 Å². The maximum Gasteiger partial charge on any atom is 0.356 e. The molecule has 3 aromatic rings. The maximum absolute atomic E-state index is 12.5. The number of para-hydroxylation sites is 1. The molecule has 4 rings (SSSR count). The molecule has 138 valence electrons. The topological polar surface area (TPSA) is 121 Å². The maximum atomic E-state index is 12.5. The zero-order valence-corrected chi connectivity index (χ0v) is 14.4. The molecule has 0 fully saturated rings. The van der Waals surface area contributed by atoms with E-state index in [1.165, 1.54) is 10.9 Å². The number of nitrogens with one attached hydrogen (secondary N) is 1. The number of aromatic carboxylic acids is 1. The predicted molar refractivity (Wildman–Crippen MR) is 95.3 cm³/mol. The average Bonchev–Trinajstić information content (AvgIpc) is 3.11. The molecule has 1 amide bonds. The summed E-state index contributed by atoms with van der Waals surface area (Å²) in [7, 11) is 0. The molecule has 0 aliphatic carbocycles. The Bertz CT molecular complexity index is 1100. The molecule has 1 aliphatic heterocycles. The van der Waals surface area contributed by atoms with Gasteiger partial charge >= 0.3 is 5.97 Å². The van der Waals surface area contributed by atoms with Crippen molar-refractivity contribution in [1.82, 2.24) is 24.6 Å². The minimum Gasteiger partial charge on any atom is -0.476 e. The Morgan fingerprint density at radius 3 is 2.89 bits per heavy atom. The second-order valence-corrected chi connectivity index (χ2v) is 6.41. The van der Waals surface area contributed by atoms with Crippen LogP contribution in [0.2, 0.25) is 0 Å². The summed E-state index contributed by atoms with van der Waals surface area (Å²) in [4.78, 5) is 42.0. The lowest BCUT2D eigenvalue weighted by Gasteiger charge is -2.26. The third-order valence-corrected chi connectivity index (χ3v) is 4.79. The SMILES string of the molecule is O=C(O)c1n[nH]c2c1CCN(C(=O)CCn1cnc3ccccc3c1=O)C2. The Labute approximate surface area is 153 Å². The molecule has 9 nitrogen and oxygen atoms in total. The highest BCUT2D eigenvalue weighted by molar-refractivity contribution is 5.87. The van der Waals surface area contributed by atoms with Gasteiger partial charge in [0.1, 0.15) is 0 Å². The first-order chi connectivity index (χ1) is 13.0. The molecular weight excluding hydrogens is 350 g/mol. The van der Waals surface area contributed by atoms with Gasteiger partial charge in [-0.3, -0.25) is 19.3 Å². The van der Waals surface area contributed by atoms with Crippen LogP contribution < -0.4 is 5.56 Å². The van der Waals surface area contributed by atoms with Gasteiger partial charge in [0.05, 0.1) is 29.5 Å². The third kappa shape index (κ3) is 3.07. The number of benzene rings is 1. The molecule has 0 bridgehead atoms. The third-order valence-electron chi connectivity index (χ3n) is 4.79. The van der Waals surface area contributed by atoms with Crippen molar-refractivity contribution in [3.63, 3.8) is 0 Å². The molecule has 0 atom stereocenters. The van der Waals surface area contributed by atoms with Crippen LogP contribution in [0.3, 0.4) is 0 Å². The van der Waals surface area contributed by atoms with Gasteiger partial charge in [0.15, 0.2) is 5.69 Å². The van der Waals surface area contributed by atoms with Crippen LogP contribution in [-0.4, -0.2) is 48.2 Å². The number of carbonyl (C=O) groups is 2. The standard InChI is InChI=1S/C18H17N5O4/c24-15(22-7-5-11-14(9-22)20-21-16(11)18(26)27)6-8-23-10-19-13-4-2-1-3-12(13)17(23)25/h1-4,10H,5-9H2,(H,20,21)(H,26,27). The number of rotatable bonds is 4. The Balaban J connectivity index is 1.45. The molecule has 1 aliphatic rings. The van der Waals surface area contributed by atoms with Crippen LogP contribution in [0.5, 0.6) is 0 Å². The number of carboxylic acids is 1. The fraction of sp³-hybridized carbons (Fsp3) is 0.278. The summed E-state index contributed by atoms with van der Waals surface area (Å²) in [5, 5.41) is 16.2. The molecule has 2 N–H and O–H groups in total. The lowest BCUT2D eigenvalue weighted by molar-refractivity contribution is -0.132. The lowest BCUT2D eigenvalue weighted by Crippen LogP contribution is -2.37. The number of hydrogen-bond acceptors (Lipinski definition) is 5. The number of aryl methyl sites for hydroxylation is 1. The smallest absolute Gasteiger partial charge is 0.356 e. The molecule has 2 aromatic heterocycles. The number of aromatic nitrogens is 4. The van der Waals surface area contributed by atoms with Crippen molar-refractivity contribution in [1.29, 1.82) is 0 Å². The van der Waals surface area contributed by atoms with Crippen molar-refractivity contribution in [2.24, 2.45) is 0 Å². The average molecular weight is 367 g/mol. The lowest BCUT2D eigenvalue weighted by atomic mass is 10.0. The number of carboxylic acid groups (broad SMARTS) is 1. The van der Waals surface area contributed by atoms with Crippen LogP contribution in [0.4, 0.5) is 0 Å². The van der Waals surface area contributed by atoms with Crippen LogP contribution in [0.15, 0.2) is 35.4 Å². The molecule has 0 spiro atoms. The van der Waals surface area contributed by atoms with E-state index >= 15 is 0 Å². The molecule has 0 radical (unpaired) electrons. The summed E-state index contributed by atoms with van der Waals surface area (Å²) < 4.78 is 1.44. The van der Waals surface area contributed by atoms with E-state index in [0.29, 0.717) is 41.7 Å². The molecule has 1 aromatic carbocycles. The number of amides is 1. The van der Waals surface area contributed by atoms with Gasteiger partial charge < -0.3 is 10.0 Å². The van der Waals surface area contributed by atoms with Gasteiger partial charge in [-0.15, -0.1) is 0 Å². The van der Waals surface area contributed by atoms with Crippen LogP contribution >= 0.6 is 0 Å². The number of aromatic amines is 1. The summed E-state index contributed by atoms with van der Waals surface area (Å²) in [6.07, 6.45) is 2.06. The second-order valence-electron chi connectivity index (χ2n) is 6.41. The normalized spacial score (nSPS) is 13.6. The van der Waals surface area contributed by atoms with E-state index in [9.17, 15) is 14.4 Å². The van der Waals surface area contributed by atoms with Gasteiger partial charge in [-0.2, -0.15) is 5.10 Å². The molecule has 9 heteroatoms. The summed E-state index contributed by atoms with van der Waals surface area (Å²) in [5.74, 6) is -1.18. The molecule has 27 heavy (non-hydrogen) atoms. The van der Waals surface area contributed by atoms with Crippen molar-refractivity contribution in [2.45, 2.75) is 25.9 Å². The Morgan fingerprint density at radius 1 is 1.26 bits per heavy atom. The summed E-state index contributed by atoms with van der Waals surface area (Å²) in [5.41, 5.74) is 1.78. The first-order valence-electron chi connectivity index (χ1n) is 8.56. The highest BCUT2D eigenvalue weighted by Crippen LogP contribution is 2.20. The largest absolute Gasteiger partial charge is 0.476 e. The minimum absolute atomic E-state index is 0.0193.